The maximum Gasteiger partial charge on any atom is 0.269 e. The van der Waals surface area contributed by atoms with Crippen LogP contribution in [0.25, 0.3) is 0 Å². The number of aryl methyl sites for hydroxylation is 2. The molecule has 0 radical (unpaired) electrons. The number of benzene rings is 3. The second-order valence-electron chi connectivity index (χ2n) is 5.96. The Balaban J connectivity index is 0. The molecule has 10 heteroatoms. The van der Waals surface area contributed by atoms with Crippen LogP contribution in [-0.2, 0) is 0 Å². The van der Waals surface area contributed by atoms with Crippen LogP contribution in [0.2, 0.25) is 0 Å². The summed E-state index contributed by atoms with van der Waals surface area (Å²) in [6.45, 7) is 3.79. The number of non-ortho nitro benzene ring substituents is 3. The lowest BCUT2D eigenvalue weighted by atomic mass is 10.2. The van der Waals surface area contributed by atoms with Crippen LogP contribution in [0.5, 0.6) is 5.75 Å². The molecule has 0 aliphatic heterocycles. The summed E-state index contributed by atoms with van der Waals surface area (Å²) in [5, 5.41) is 39.0. The zero-order valence-corrected chi connectivity index (χ0v) is 16.2. The van der Waals surface area contributed by atoms with Crippen molar-refractivity contribution >= 4 is 17.1 Å². The lowest BCUT2D eigenvalue weighted by Crippen LogP contribution is -1.86. The highest BCUT2D eigenvalue weighted by molar-refractivity contribution is 5.35. The van der Waals surface area contributed by atoms with E-state index in [1.807, 2.05) is 13.8 Å². The molecule has 0 atom stereocenters. The molecule has 0 saturated carbocycles. The lowest BCUT2D eigenvalue weighted by Gasteiger charge is -1.90. The number of phenolic OH excluding ortho intramolecular Hbond substituents is 1. The van der Waals surface area contributed by atoms with Crippen molar-refractivity contribution in [2.45, 2.75) is 28.7 Å². The SMILES string of the molecule is C.C.Cc1ccc([N+](=O)[O-])cc1.Cc1ccc([N+](=O)[O-])cc1.O=[N+]([O-])c1ccc(O)cc1. The molecule has 3 aromatic rings. The van der Waals surface area contributed by atoms with Crippen molar-refractivity contribution < 1.29 is 19.9 Å². The predicted molar refractivity (Wildman–Crippen MR) is 124 cm³/mol. The summed E-state index contributed by atoms with van der Waals surface area (Å²) in [4.78, 5) is 29.0. The number of nitro benzene ring substituents is 3. The Morgan fingerprint density at radius 2 is 0.750 bits per heavy atom. The number of hydrogen-bond donors (Lipinski definition) is 1. The number of rotatable bonds is 3. The third kappa shape index (κ3) is 11.0. The van der Waals surface area contributed by atoms with Crippen molar-refractivity contribution in [3.8, 4) is 5.75 Å². The van der Waals surface area contributed by atoms with Crippen LogP contribution >= 0.6 is 0 Å². The minimum atomic E-state index is -0.514. The summed E-state index contributed by atoms with van der Waals surface area (Å²) in [6.07, 6.45) is 0. The predicted octanol–water partition coefficient (Wildman–Crippen LogP) is 6.38. The number of nitrogens with zero attached hydrogens (tertiary/aromatic N) is 3. The minimum Gasteiger partial charge on any atom is -0.508 e. The molecule has 0 aliphatic rings. The first-order chi connectivity index (χ1) is 14.1. The van der Waals surface area contributed by atoms with Gasteiger partial charge in [0.1, 0.15) is 5.75 Å². The third-order valence-corrected chi connectivity index (χ3v) is 3.55. The Labute approximate surface area is 186 Å². The van der Waals surface area contributed by atoms with Gasteiger partial charge in [-0.3, -0.25) is 30.3 Å². The highest BCUT2D eigenvalue weighted by Gasteiger charge is 2.02. The molecule has 0 aliphatic carbocycles. The van der Waals surface area contributed by atoms with Gasteiger partial charge in [-0.05, 0) is 26.0 Å². The van der Waals surface area contributed by atoms with E-state index in [4.69, 9.17) is 5.11 Å². The number of aromatic hydroxyl groups is 1. The van der Waals surface area contributed by atoms with Gasteiger partial charge in [0.25, 0.3) is 17.1 Å². The van der Waals surface area contributed by atoms with Crippen molar-refractivity contribution in [3.05, 3.63) is 114 Å². The monoisotopic (exact) mass is 445 g/mol. The van der Waals surface area contributed by atoms with E-state index in [0.29, 0.717) is 0 Å². The zero-order valence-electron chi connectivity index (χ0n) is 16.2. The van der Waals surface area contributed by atoms with Crippen LogP contribution in [0.1, 0.15) is 26.0 Å². The van der Waals surface area contributed by atoms with E-state index in [0.717, 1.165) is 11.1 Å². The van der Waals surface area contributed by atoms with Gasteiger partial charge in [-0.2, -0.15) is 0 Å². The molecular weight excluding hydrogens is 418 g/mol. The van der Waals surface area contributed by atoms with E-state index >= 15 is 0 Å². The standard InChI is InChI=1S/2C7H7NO2.C6H5NO3.2CH4/c2*1-6-2-4-7(5-3-6)8(9)10;8-6-3-1-5(2-4-6)7(9)10;;/h2*2-5H,1H3;1-4,8H;2*1H4. The van der Waals surface area contributed by atoms with Crippen LogP contribution in [0.4, 0.5) is 17.1 Å². The smallest absolute Gasteiger partial charge is 0.269 e. The first-order valence-electron chi connectivity index (χ1n) is 8.45. The fourth-order valence-corrected chi connectivity index (χ4v) is 1.91. The van der Waals surface area contributed by atoms with Crippen molar-refractivity contribution in [1.29, 1.82) is 0 Å². The maximum absolute atomic E-state index is 10.1. The Hall–Kier alpha value is -4.34. The summed E-state index contributed by atoms with van der Waals surface area (Å²) in [7, 11) is 0. The molecule has 0 fully saturated rings. The Bertz CT molecular complexity index is 856. The van der Waals surface area contributed by atoms with Gasteiger partial charge in [0.2, 0.25) is 0 Å². The summed E-state index contributed by atoms with van der Waals surface area (Å²) >= 11 is 0. The molecule has 32 heavy (non-hydrogen) atoms. The molecule has 0 bridgehead atoms. The Morgan fingerprint density at radius 3 is 0.969 bits per heavy atom. The van der Waals surface area contributed by atoms with E-state index in [-0.39, 0.29) is 37.7 Å². The molecule has 0 unspecified atom stereocenters. The average Bonchev–Trinajstić information content (AvgIpc) is 2.70. The lowest BCUT2D eigenvalue weighted by molar-refractivity contribution is -0.385. The van der Waals surface area contributed by atoms with Crippen molar-refractivity contribution in [2.75, 3.05) is 0 Å². The van der Waals surface area contributed by atoms with Gasteiger partial charge in [-0.25, -0.2) is 0 Å². The normalized spacial score (nSPS) is 8.69. The number of hydrogen-bond acceptors (Lipinski definition) is 7. The average molecular weight is 445 g/mol. The van der Waals surface area contributed by atoms with E-state index in [2.05, 4.69) is 0 Å². The highest BCUT2D eigenvalue weighted by Crippen LogP contribution is 2.15. The second kappa shape index (κ2) is 14.6. The van der Waals surface area contributed by atoms with Gasteiger partial charge >= 0.3 is 0 Å². The summed E-state index contributed by atoms with van der Waals surface area (Å²) < 4.78 is 0. The summed E-state index contributed by atoms with van der Waals surface area (Å²) in [5.41, 5.74) is 2.34. The van der Waals surface area contributed by atoms with Crippen LogP contribution < -0.4 is 0 Å². The minimum absolute atomic E-state index is 0. The van der Waals surface area contributed by atoms with Gasteiger partial charge in [0.15, 0.2) is 0 Å². The van der Waals surface area contributed by atoms with Gasteiger partial charge in [0.05, 0.1) is 14.8 Å². The maximum atomic E-state index is 10.1. The fourth-order valence-electron chi connectivity index (χ4n) is 1.91. The van der Waals surface area contributed by atoms with Gasteiger partial charge in [-0.15, -0.1) is 0 Å². The van der Waals surface area contributed by atoms with Crippen molar-refractivity contribution in [3.63, 3.8) is 0 Å². The summed E-state index contributed by atoms with van der Waals surface area (Å²) in [5.74, 6) is 0.0330. The third-order valence-electron chi connectivity index (χ3n) is 3.55. The van der Waals surface area contributed by atoms with Crippen LogP contribution in [0.15, 0.2) is 72.8 Å². The molecule has 10 nitrogen and oxygen atoms in total. The number of phenols is 1. The highest BCUT2D eigenvalue weighted by atomic mass is 16.6. The fraction of sp³-hybridized carbons (Fsp3) is 0.182. The van der Waals surface area contributed by atoms with E-state index in [9.17, 15) is 30.3 Å². The van der Waals surface area contributed by atoms with Crippen LogP contribution in [-0.4, -0.2) is 19.9 Å². The Morgan fingerprint density at radius 1 is 0.531 bits per heavy atom. The first-order valence-corrected chi connectivity index (χ1v) is 8.45. The van der Waals surface area contributed by atoms with Gasteiger partial charge in [0, 0.05) is 36.4 Å². The first kappa shape index (κ1) is 29.9. The van der Waals surface area contributed by atoms with Crippen LogP contribution in [0.3, 0.4) is 0 Å². The molecule has 3 rings (SSSR count). The topological polar surface area (TPSA) is 150 Å². The molecule has 0 spiro atoms. The number of nitro groups is 3. The molecule has 1 N–H and O–H groups in total. The quantitative estimate of drug-likeness (QED) is 0.363. The zero-order chi connectivity index (χ0) is 22.7. The molecule has 172 valence electrons. The summed E-state index contributed by atoms with van der Waals surface area (Å²) in [6, 6.07) is 17.9. The van der Waals surface area contributed by atoms with E-state index < -0.39 is 14.8 Å². The van der Waals surface area contributed by atoms with E-state index in [1.54, 1.807) is 24.3 Å². The van der Waals surface area contributed by atoms with Crippen molar-refractivity contribution in [1.82, 2.24) is 0 Å². The molecule has 3 aromatic carbocycles. The largest absolute Gasteiger partial charge is 0.508 e. The van der Waals surface area contributed by atoms with E-state index in [1.165, 1.54) is 48.5 Å². The molecule has 0 saturated heterocycles. The second-order valence-corrected chi connectivity index (χ2v) is 5.96. The van der Waals surface area contributed by atoms with Crippen LogP contribution in [0, 0.1) is 44.2 Å². The Kier molecular flexibility index (Phi) is 13.6. The van der Waals surface area contributed by atoms with Crippen molar-refractivity contribution in [2.24, 2.45) is 0 Å². The molecule has 0 amide bonds. The molecular formula is C22H27N3O7. The van der Waals surface area contributed by atoms with Gasteiger partial charge in [-0.1, -0.05) is 50.2 Å². The molecule has 0 aromatic heterocycles. The van der Waals surface area contributed by atoms with Gasteiger partial charge < -0.3 is 5.11 Å². The molecule has 0 heterocycles.